The zero-order valence-electron chi connectivity index (χ0n) is 8.47. The second kappa shape index (κ2) is 6.02. The number of anilines is 2. The van der Waals surface area contributed by atoms with Gasteiger partial charge in [-0.1, -0.05) is 6.07 Å². The first-order valence-corrected chi connectivity index (χ1v) is 5.68. The molecular weight excluding hydrogens is 228 g/mol. The van der Waals surface area contributed by atoms with Gasteiger partial charge in [-0.2, -0.15) is 0 Å². The van der Waals surface area contributed by atoms with Crippen molar-refractivity contribution in [3.05, 3.63) is 24.3 Å². The van der Waals surface area contributed by atoms with E-state index < -0.39 is 5.97 Å². The first-order valence-electron chi connectivity index (χ1n) is 4.53. The van der Waals surface area contributed by atoms with Gasteiger partial charge in [0.1, 0.15) is 0 Å². The van der Waals surface area contributed by atoms with Gasteiger partial charge in [-0.15, -0.1) is 11.8 Å². The maximum absolute atomic E-state index is 11.3. The Labute approximate surface area is 97.0 Å². The minimum absolute atomic E-state index is 0.0790. The third-order valence-corrected chi connectivity index (χ3v) is 2.55. The lowest BCUT2D eigenvalue weighted by Gasteiger charge is -2.04. The number of hydrogen-bond acceptors (Lipinski definition) is 4. The Kier molecular flexibility index (Phi) is 4.65. The zero-order chi connectivity index (χ0) is 12.0. The number of aliphatic carboxylic acids is 1. The molecule has 0 aliphatic rings. The number of carboxylic acids is 1. The minimum Gasteiger partial charge on any atom is -0.481 e. The molecular formula is C10H12N2O3S. The fourth-order valence-electron chi connectivity index (χ4n) is 1.04. The van der Waals surface area contributed by atoms with Crippen LogP contribution in [0.25, 0.3) is 0 Å². The van der Waals surface area contributed by atoms with Crippen LogP contribution < -0.4 is 11.1 Å². The lowest BCUT2D eigenvalue weighted by atomic mass is 10.3. The number of rotatable bonds is 5. The number of carboxylic acid groups (broad SMARTS) is 1. The number of nitrogens with two attached hydrogens (primary N) is 1. The van der Waals surface area contributed by atoms with E-state index in [9.17, 15) is 9.59 Å². The molecule has 1 aromatic rings. The Morgan fingerprint density at radius 1 is 1.38 bits per heavy atom. The average Bonchev–Trinajstić information content (AvgIpc) is 2.16. The van der Waals surface area contributed by atoms with Crippen LogP contribution in [0, 0.1) is 0 Å². The third-order valence-electron chi connectivity index (χ3n) is 1.63. The average molecular weight is 240 g/mol. The highest BCUT2D eigenvalue weighted by molar-refractivity contribution is 8.00. The summed E-state index contributed by atoms with van der Waals surface area (Å²) in [6, 6.07) is 6.81. The van der Waals surface area contributed by atoms with Gasteiger partial charge in [-0.25, -0.2) is 0 Å². The molecule has 0 atom stereocenters. The van der Waals surface area contributed by atoms with E-state index in [2.05, 4.69) is 5.32 Å². The van der Waals surface area contributed by atoms with E-state index in [0.29, 0.717) is 11.4 Å². The summed E-state index contributed by atoms with van der Waals surface area (Å²) in [5, 5.41) is 11.0. The van der Waals surface area contributed by atoms with Crippen LogP contribution in [-0.4, -0.2) is 28.5 Å². The molecule has 4 N–H and O–H groups in total. The van der Waals surface area contributed by atoms with Gasteiger partial charge in [-0.3, -0.25) is 9.59 Å². The van der Waals surface area contributed by atoms with Crippen LogP contribution in [-0.2, 0) is 9.59 Å². The maximum atomic E-state index is 11.3. The van der Waals surface area contributed by atoms with Crippen LogP contribution in [0.3, 0.4) is 0 Å². The first kappa shape index (κ1) is 12.4. The first-order chi connectivity index (χ1) is 7.58. The Morgan fingerprint density at radius 2 is 2.12 bits per heavy atom. The normalized spacial score (nSPS) is 9.75. The largest absolute Gasteiger partial charge is 0.481 e. The molecule has 0 aliphatic heterocycles. The molecule has 1 rings (SSSR count). The van der Waals surface area contributed by atoms with Crippen LogP contribution >= 0.6 is 11.8 Å². The van der Waals surface area contributed by atoms with Crippen molar-refractivity contribution in [1.82, 2.24) is 0 Å². The quantitative estimate of drug-likeness (QED) is 0.668. The molecule has 86 valence electrons. The summed E-state index contributed by atoms with van der Waals surface area (Å²) in [4.78, 5) is 21.6. The van der Waals surface area contributed by atoms with Crippen molar-refractivity contribution in [2.24, 2.45) is 0 Å². The van der Waals surface area contributed by atoms with E-state index in [1.165, 1.54) is 0 Å². The number of carbonyl (C=O) groups is 2. The van der Waals surface area contributed by atoms with Crippen LogP contribution in [0.15, 0.2) is 24.3 Å². The molecule has 0 radical (unpaired) electrons. The number of nitrogens with one attached hydrogen (secondary N) is 1. The van der Waals surface area contributed by atoms with Crippen molar-refractivity contribution in [3.63, 3.8) is 0 Å². The molecule has 1 aromatic carbocycles. The van der Waals surface area contributed by atoms with Crippen molar-refractivity contribution in [2.75, 3.05) is 22.6 Å². The molecule has 0 fully saturated rings. The standard InChI is InChI=1S/C10H12N2O3S/c11-7-2-1-3-8(4-7)12-9(13)5-16-6-10(14)15/h1-4H,5-6,11H2,(H,12,13)(H,14,15). The lowest BCUT2D eigenvalue weighted by molar-refractivity contribution is -0.133. The van der Waals surface area contributed by atoms with E-state index in [1.807, 2.05) is 0 Å². The third kappa shape index (κ3) is 4.70. The highest BCUT2D eigenvalue weighted by Crippen LogP contribution is 2.12. The summed E-state index contributed by atoms with van der Waals surface area (Å²) in [5.41, 5.74) is 6.72. The van der Waals surface area contributed by atoms with Crippen molar-refractivity contribution in [1.29, 1.82) is 0 Å². The smallest absolute Gasteiger partial charge is 0.313 e. The number of nitrogen functional groups attached to an aromatic ring is 1. The summed E-state index contributed by atoms with van der Waals surface area (Å²) in [5.74, 6) is -1.13. The summed E-state index contributed by atoms with van der Waals surface area (Å²) in [7, 11) is 0. The summed E-state index contributed by atoms with van der Waals surface area (Å²) in [6.07, 6.45) is 0. The van der Waals surface area contributed by atoms with E-state index in [-0.39, 0.29) is 17.4 Å². The molecule has 0 saturated heterocycles. The van der Waals surface area contributed by atoms with Crippen molar-refractivity contribution < 1.29 is 14.7 Å². The van der Waals surface area contributed by atoms with Gasteiger partial charge in [0.15, 0.2) is 0 Å². The predicted octanol–water partition coefficient (Wildman–Crippen LogP) is 1.03. The molecule has 0 aliphatic carbocycles. The molecule has 0 heterocycles. The number of benzene rings is 1. The van der Waals surface area contributed by atoms with Crippen molar-refractivity contribution >= 4 is 35.0 Å². The fraction of sp³-hybridized carbons (Fsp3) is 0.200. The fourth-order valence-corrected chi connectivity index (χ4v) is 1.58. The topological polar surface area (TPSA) is 92.4 Å². The van der Waals surface area contributed by atoms with Crippen LogP contribution in [0.1, 0.15) is 0 Å². The Bertz CT molecular complexity index is 395. The van der Waals surface area contributed by atoms with Gasteiger partial charge in [0.05, 0.1) is 11.5 Å². The Hall–Kier alpha value is -1.69. The number of hydrogen-bond donors (Lipinski definition) is 3. The molecule has 0 unspecified atom stereocenters. The van der Waals surface area contributed by atoms with E-state index in [0.717, 1.165) is 11.8 Å². The minimum atomic E-state index is -0.929. The highest BCUT2D eigenvalue weighted by atomic mass is 32.2. The molecule has 1 amide bonds. The number of carbonyl (C=O) groups excluding carboxylic acids is 1. The van der Waals surface area contributed by atoms with Gasteiger partial charge in [0.25, 0.3) is 0 Å². The molecule has 5 nitrogen and oxygen atoms in total. The van der Waals surface area contributed by atoms with Gasteiger partial charge < -0.3 is 16.2 Å². The summed E-state index contributed by atoms with van der Waals surface area (Å²) >= 11 is 1.05. The Balaban J connectivity index is 2.37. The number of amides is 1. The molecule has 0 aromatic heterocycles. The summed E-state index contributed by atoms with van der Waals surface area (Å²) < 4.78 is 0. The maximum Gasteiger partial charge on any atom is 0.313 e. The van der Waals surface area contributed by atoms with Crippen LogP contribution in [0.2, 0.25) is 0 Å². The second-order valence-electron chi connectivity index (χ2n) is 3.06. The predicted molar refractivity (Wildman–Crippen MR) is 64.4 cm³/mol. The van der Waals surface area contributed by atoms with Crippen LogP contribution in [0.5, 0.6) is 0 Å². The SMILES string of the molecule is Nc1cccc(NC(=O)CSCC(=O)O)c1. The highest BCUT2D eigenvalue weighted by Gasteiger charge is 2.04. The molecule has 0 saturated carbocycles. The van der Waals surface area contributed by atoms with Crippen molar-refractivity contribution in [3.8, 4) is 0 Å². The molecule has 0 bridgehead atoms. The molecule has 0 spiro atoms. The van der Waals surface area contributed by atoms with Gasteiger partial charge >= 0.3 is 5.97 Å². The van der Waals surface area contributed by atoms with Gasteiger partial charge in [-0.05, 0) is 18.2 Å². The summed E-state index contributed by atoms with van der Waals surface area (Å²) in [6.45, 7) is 0. The van der Waals surface area contributed by atoms with E-state index in [1.54, 1.807) is 24.3 Å². The number of thioether (sulfide) groups is 1. The van der Waals surface area contributed by atoms with E-state index in [4.69, 9.17) is 10.8 Å². The van der Waals surface area contributed by atoms with Gasteiger partial charge in [0, 0.05) is 11.4 Å². The Morgan fingerprint density at radius 3 is 2.75 bits per heavy atom. The lowest BCUT2D eigenvalue weighted by Crippen LogP contribution is -2.15. The van der Waals surface area contributed by atoms with Crippen LogP contribution in [0.4, 0.5) is 11.4 Å². The van der Waals surface area contributed by atoms with Gasteiger partial charge in [0.2, 0.25) is 5.91 Å². The second-order valence-corrected chi connectivity index (χ2v) is 4.05. The molecule has 6 heteroatoms. The zero-order valence-corrected chi connectivity index (χ0v) is 9.29. The monoisotopic (exact) mass is 240 g/mol. The van der Waals surface area contributed by atoms with Crippen molar-refractivity contribution in [2.45, 2.75) is 0 Å². The molecule has 16 heavy (non-hydrogen) atoms. The van der Waals surface area contributed by atoms with E-state index >= 15 is 0 Å².